The molecule has 0 aromatic rings. The molecule has 0 aromatic heterocycles. The van der Waals surface area contributed by atoms with Gasteiger partial charge in [0.15, 0.2) is 5.78 Å². The number of piperidine rings is 1. The molecule has 0 spiro atoms. The Bertz CT molecular complexity index is 531. The van der Waals surface area contributed by atoms with Gasteiger partial charge in [0.1, 0.15) is 0 Å². The standard InChI is InChI=1S/C18H27BrN2O2/c1-4-15(13(2)22)16-6-5-7-17(16)20(3)12-18(23)21-10-8-14(19)9-11-21/h4,14H,5-12H2,1-3H3/b15-4+. The number of rotatable bonds is 5. The third kappa shape index (κ3) is 4.46. The summed E-state index contributed by atoms with van der Waals surface area (Å²) in [5.41, 5.74) is 3.11. The van der Waals surface area contributed by atoms with Crippen LogP contribution in [0.2, 0.25) is 0 Å². The number of allylic oxidation sites excluding steroid dienone is 4. The number of carbonyl (C=O) groups excluding carboxylic acids is 2. The fourth-order valence-corrected chi connectivity index (χ4v) is 3.93. The van der Waals surface area contributed by atoms with Gasteiger partial charge in [0.05, 0.1) is 6.54 Å². The van der Waals surface area contributed by atoms with Gasteiger partial charge in [0, 0.05) is 36.2 Å². The van der Waals surface area contributed by atoms with Gasteiger partial charge in [-0.25, -0.2) is 0 Å². The molecule has 1 saturated heterocycles. The Kier molecular flexibility index (Phi) is 6.45. The van der Waals surface area contributed by atoms with Crippen LogP contribution in [0.15, 0.2) is 22.9 Å². The summed E-state index contributed by atoms with van der Waals surface area (Å²) < 4.78 is 0. The summed E-state index contributed by atoms with van der Waals surface area (Å²) in [6.07, 6.45) is 6.89. The lowest BCUT2D eigenvalue weighted by Crippen LogP contribution is -2.43. The van der Waals surface area contributed by atoms with E-state index in [4.69, 9.17) is 0 Å². The lowest BCUT2D eigenvalue weighted by atomic mass is 10.0. The van der Waals surface area contributed by atoms with Crippen LogP contribution in [-0.4, -0.2) is 53.0 Å². The van der Waals surface area contributed by atoms with E-state index in [2.05, 4.69) is 20.8 Å². The lowest BCUT2D eigenvalue weighted by molar-refractivity contribution is -0.132. The van der Waals surface area contributed by atoms with Crippen LogP contribution in [0.25, 0.3) is 0 Å². The molecule has 2 rings (SSSR count). The van der Waals surface area contributed by atoms with E-state index in [1.165, 1.54) is 0 Å². The van der Waals surface area contributed by atoms with Crippen molar-refractivity contribution in [3.05, 3.63) is 22.9 Å². The highest BCUT2D eigenvalue weighted by atomic mass is 79.9. The number of hydrogen-bond acceptors (Lipinski definition) is 3. The summed E-state index contributed by atoms with van der Waals surface area (Å²) in [6, 6.07) is 0. The number of likely N-dealkylation sites (tertiary alicyclic amines) is 1. The van der Waals surface area contributed by atoms with Gasteiger partial charge in [-0.05, 0) is 51.5 Å². The molecular weight excluding hydrogens is 356 g/mol. The number of ketones is 1. The van der Waals surface area contributed by atoms with Gasteiger partial charge in [-0.2, -0.15) is 0 Å². The zero-order chi connectivity index (χ0) is 17.0. The minimum Gasteiger partial charge on any atom is -0.368 e. The second-order valence-electron chi connectivity index (χ2n) is 6.45. The number of amides is 1. The van der Waals surface area contributed by atoms with Crippen molar-refractivity contribution in [3.63, 3.8) is 0 Å². The van der Waals surface area contributed by atoms with Crippen molar-refractivity contribution in [2.24, 2.45) is 0 Å². The van der Waals surface area contributed by atoms with E-state index in [1.807, 2.05) is 24.9 Å². The first-order valence-corrected chi connectivity index (χ1v) is 9.38. The number of nitrogens with zero attached hydrogens (tertiary/aromatic N) is 2. The van der Waals surface area contributed by atoms with Crippen LogP contribution >= 0.6 is 15.9 Å². The molecule has 0 radical (unpaired) electrons. The lowest BCUT2D eigenvalue weighted by Gasteiger charge is -2.32. The molecular formula is C18H27BrN2O2. The molecule has 0 unspecified atom stereocenters. The number of alkyl halides is 1. The molecule has 0 bridgehead atoms. The Labute approximate surface area is 147 Å². The Balaban J connectivity index is 2.05. The molecule has 0 aromatic carbocycles. The smallest absolute Gasteiger partial charge is 0.242 e. The summed E-state index contributed by atoms with van der Waals surface area (Å²) in [5.74, 6) is 0.302. The predicted molar refractivity (Wildman–Crippen MR) is 96.5 cm³/mol. The molecule has 1 fully saturated rings. The molecule has 1 amide bonds. The van der Waals surface area contributed by atoms with Crippen molar-refractivity contribution in [3.8, 4) is 0 Å². The predicted octanol–water partition coefficient (Wildman–Crippen LogP) is 3.28. The maximum absolute atomic E-state index is 12.5. The molecule has 2 aliphatic rings. The highest BCUT2D eigenvalue weighted by Crippen LogP contribution is 2.33. The quantitative estimate of drug-likeness (QED) is 0.541. The summed E-state index contributed by atoms with van der Waals surface area (Å²) >= 11 is 3.62. The van der Waals surface area contributed by atoms with Crippen molar-refractivity contribution in [1.29, 1.82) is 0 Å². The number of likely N-dealkylation sites (N-methyl/N-ethyl adjacent to an activating group) is 1. The zero-order valence-electron chi connectivity index (χ0n) is 14.4. The Hall–Kier alpha value is -1.10. The Morgan fingerprint density at radius 3 is 2.52 bits per heavy atom. The normalized spacial score (nSPS) is 20.2. The Morgan fingerprint density at radius 2 is 1.96 bits per heavy atom. The van der Waals surface area contributed by atoms with Gasteiger partial charge in [-0.1, -0.05) is 22.0 Å². The van der Waals surface area contributed by atoms with Gasteiger partial charge >= 0.3 is 0 Å². The molecule has 4 nitrogen and oxygen atoms in total. The molecule has 1 heterocycles. The van der Waals surface area contributed by atoms with E-state index < -0.39 is 0 Å². The molecule has 0 atom stereocenters. The van der Waals surface area contributed by atoms with Crippen LogP contribution in [-0.2, 0) is 9.59 Å². The van der Waals surface area contributed by atoms with Crippen LogP contribution in [0.4, 0.5) is 0 Å². The summed E-state index contributed by atoms with van der Waals surface area (Å²) in [6.45, 7) is 5.61. The van der Waals surface area contributed by atoms with E-state index in [1.54, 1.807) is 6.92 Å². The van der Waals surface area contributed by atoms with E-state index >= 15 is 0 Å². The van der Waals surface area contributed by atoms with Crippen molar-refractivity contribution >= 4 is 27.6 Å². The molecule has 5 heteroatoms. The van der Waals surface area contributed by atoms with Crippen LogP contribution in [0, 0.1) is 0 Å². The summed E-state index contributed by atoms with van der Waals surface area (Å²) in [5, 5.41) is 0. The van der Waals surface area contributed by atoms with E-state index in [9.17, 15) is 9.59 Å². The highest BCUT2D eigenvalue weighted by Gasteiger charge is 2.26. The van der Waals surface area contributed by atoms with Crippen molar-refractivity contribution in [1.82, 2.24) is 9.80 Å². The first-order valence-electron chi connectivity index (χ1n) is 8.46. The maximum atomic E-state index is 12.5. The van der Waals surface area contributed by atoms with Crippen LogP contribution in [0.3, 0.4) is 0 Å². The van der Waals surface area contributed by atoms with Gasteiger partial charge in [0.25, 0.3) is 0 Å². The van der Waals surface area contributed by atoms with Crippen molar-refractivity contribution in [2.45, 2.75) is 50.8 Å². The van der Waals surface area contributed by atoms with Gasteiger partial charge in [0.2, 0.25) is 5.91 Å². The average Bonchev–Trinajstić information content (AvgIpc) is 2.97. The molecule has 23 heavy (non-hydrogen) atoms. The van der Waals surface area contributed by atoms with Gasteiger partial charge in [-0.15, -0.1) is 0 Å². The molecule has 128 valence electrons. The zero-order valence-corrected chi connectivity index (χ0v) is 16.0. The van der Waals surface area contributed by atoms with E-state index in [0.717, 1.165) is 62.0 Å². The van der Waals surface area contributed by atoms with Gasteiger partial charge in [-0.3, -0.25) is 9.59 Å². The average molecular weight is 383 g/mol. The van der Waals surface area contributed by atoms with Crippen molar-refractivity contribution in [2.75, 3.05) is 26.7 Å². The summed E-state index contributed by atoms with van der Waals surface area (Å²) in [7, 11) is 1.98. The largest absolute Gasteiger partial charge is 0.368 e. The van der Waals surface area contributed by atoms with Crippen molar-refractivity contribution < 1.29 is 9.59 Å². The topological polar surface area (TPSA) is 40.6 Å². The third-order valence-electron chi connectivity index (χ3n) is 4.79. The molecule has 0 N–H and O–H groups in total. The molecule has 1 aliphatic heterocycles. The van der Waals surface area contributed by atoms with E-state index in [0.29, 0.717) is 11.4 Å². The van der Waals surface area contributed by atoms with Crippen LogP contribution in [0.5, 0.6) is 0 Å². The second kappa shape index (κ2) is 8.13. The van der Waals surface area contributed by atoms with Crippen LogP contribution < -0.4 is 0 Å². The fourth-order valence-electron chi connectivity index (χ4n) is 3.52. The number of hydrogen-bond donors (Lipinski definition) is 0. The molecule has 1 aliphatic carbocycles. The van der Waals surface area contributed by atoms with Gasteiger partial charge < -0.3 is 9.80 Å². The van der Waals surface area contributed by atoms with E-state index in [-0.39, 0.29) is 11.7 Å². The minimum atomic E-state index is 0.112. The summed E-state index contributed by atoms with van der Waals surface area (Å²) in [4.78, 5) is 28.9. The monoisotopic (exact) mass is 382 g/mol. The Morgan fingerprint density at radius 1 is 1.30 bits per heavy atom. The van der Waals surface area contributed by atoms with Crippen LogP contribution in [0.1, 0.15) is 46.0 Å². The first kappa shape index (κ1) is 18.2. The minimum absolute atomic E-state index is 0.112. The maximum Gasteiger partial charge on any atom is 0.242 e. The first-order chi connectivity index (χ1) is 10.9. The number of Topliss-reactive ketones (excluding diaryl/α,β-unsaturated/α-hetero) is 1. The number of carbonyl (C=O) groups is 2. The highest BCUT2D eigenvalue weighted by molar-refractivity contribution is 9.09. The number of halogens is 1. The molecule has 0 saturated carbocycles. The fraction of sp³-hybridized carbons (Fsp3) is 0.667. The second-order valence-corrected chi connectivity index (χ2v) is 7.74. The SMILES string of the molecule is C/C=C(\C(C)=O)C1=C(N(C)CC(=O)N2CCC(Br)CC2)CCC1. The third-order valence-corrected chi connectivity index (χ3v) is 5.71.